The molecule has 0 saturated heterocycles. The molecule has 0 saturated carbocycles. The second-order valence-corrected chi connectivity index (χ2v) is 6.12. The lowest BCUT2D eigenvalue weighted by molar-refractivity contribution is 0.0738. The van der Waals surface area contributed by atoms with Gasteiger partial charge in [-0.15, -0.1) is 11.3 Å². The number of carbonyl (C=O) groups excluding carboxylic acids is 1. The van der Waals surface area contributed by atoms with Gasteiger partial charge in [0.05, 0.1) is 10.2 Å². The Morgan fingerprint density at radius 1 is 1.43 bits per heavy atom. The molecule has 0 aromatic carbocycles. The third kappa shape index (κ3) is 2.83. The molecular formula is C16H17N3OS. The summed E-state index contributed by atoms with van der Waals surface area (Å²) in [5.41, 5.74) is 2.67. The molecule has 0 spiro atoms. The molecule has 5 heteroatoms. The maximum Gasteiger partial charge on any atom is 0.270 e. The quantitative estimate of drug-likeness (QED) is 0.803. The van der Waals surface area contributed by atoms with Crippen molar-refractivity contribution in [2.24, 2.45) is 0 Å². The van der Waals surface area contributed by atoms with Gasteiger partial charge in [-0.2, -0.15) is 0 Å². The number of H-pyrrole nitrogens is 1. The minimum Gasteiger partial charge on any atom is -0.350 e. The Morgan fingerprint density at radius 2 is 2.29 bits per heavy atom. The van der Waals surface area contributed by atoms with Crippen LogP contribution >= 0.6 is 11.3 Å². The SMILES string of the molecule is CC(Cc1ccccn1)N(C)C(=O)c1cc2sccc2[nH]1. The molecular weight excluding hydrogens is 282 g/mol. The molecule has 0 fully saturated rings. The lowest BCUT2D eigenvalue weighted by atomic mass is 10.1. The number of likely N-dealkylation sites (N-methyl/N-ethyl adjacent to an activating group) is 1. The fourth-order valence-corrected chi connectivity index (χ4v) is 3.09. The summed E-state index contributed by atoms with van der Waals surface area (Å²) < 4.78 is 1.11. The fraction of sp³-hybridized carbons (Fsp3) is 0.250. The van der Waals surface area contributed by atoms with Crippen molar-refractivity contribution in [1.29, 1.82) is 0 Å². The maximum absolute atomic E-state index is 12.5. The van der Waals surface area contributed by atoms with E-state index in [0.717, 1.165) is 22.3 Å². The molecule has 0 aliphatic rings. The highest BCUT2D eigenvalue weighted by atomic mass is 32.1. The van der Waals surface area contributed by atoms with Gasteiger partial charge >= 0.3 is 0 Å². The van der Waals surface area contributed by atoms with Crippen LogP contribution in [0.3, 0.4) is 0 Å². The number of carbonyl (C=O) groups is 1. The van der Waals surface area contributed by atoms with E-state index >= 15 is 0 Å². The highest BCUT2D eigenvalue weighted by Crippen LogP contribution is 2.22. The van der Waals surface area contributed by atoms with E-state index in [0.29, 0.717) is 5.69 Å². The molecule has 1 N–H and O–H groups in total. The zero-order valence-corrected chi connectivity index (χ0v) is 12.9. The Labute approximate surface area is 127 Å². The predicted molar refractivity (Wildman–Crippen MR) is 85.7 cm³/mol. The third-order valence-corrected chi connectivity index (χ3v) is 4.55. The average Bonchev–Trinajstić information content (AvgIpc) is 3.08. The van der Waals surface area contributed by atoms with Gasteiger partial charge in [-0.25, -0.2) is 0 Å². The largest absolute Gasteiger partial charge is 0.350 e. The number of hydrogen-bond acceptors (Lipinski definition) is 3. The minimum absolute atomic E-state index is 0.0156. The molecule has 0 bridgehead atoms. The zero-order chi connectivity index (χ0) is 14.8. The topological polar surface area (TPSA) is 49.0 Å². The van der Waals surface area contributed by atoms with Crippen LogP contribution in [-0.4, -0.2) is 33.9 Å². The lowest BCUT2D eigenvalue weighted by Gasteiger charge is -2.24. The number of hydrogen-bond donors (Lipinski definition) is 1. The molecule has 108 valence electrons. The monoisotopic (exact) mass is 299 g/mol. The van der Waals surface area contributed by atoms with E-state index < -0.39 is 0 Å². The number of aromatic amines is 1. The number of nitrogens with zero attached hydrogens (tertiary/aromatic N) is 2. The number of nitrogens with one attached hydrogen (secondary N) is 1. The number of aromatic nitrogens is 2. The Kier molecular flexibility index (Phi) is 3.75. The molecule has 21 heavy (non-hydrogen) atoms. The van der Waals surface area contributed by atoms with Crippen LogP contribution in [0.5, 0.6) is 0 Å². The molecule has 0 aliphatic carbocycles. The molecule has 3 aromatic heterocycles. The number of fused-ring (bicyclic) bond motifs is 1. The Hall–Kier alpha value is -2.14. The summed E-state index contributed by atoms with van der Waals surface area (Å²) in [6, 6.07) is 9.86. The van der Waals surface area contributed by atoms with E-state index in [1.54, 1.807) is 22.4 Å². The van der Waals surface area contributed by atoms with Crippen LogP contribution in [0, 0.1) is 0 Å². The molecule has 3 aromatic rings. The van der Waals surface area contributed by atoms with Crippen molar-refractivity contribution in [3.8, 4) is 0 Å². The number of amides is 1. The number of pyridine rings is 1. The van der Waals surface area contributed by atoms with E-state index in [-0.39, 0.29) is 11.9 Å². The van der Waals surface area contributed by atoms with Gasteiger partial charge in [0.15, 0.2) is 0 Å². The molecule has 0 aliphatic heterocycles. The standard InChI is InChI=1S/C16H17N3OS/c1-11(9-12-5-3-4-7-17-12)19(2)16(20)14-10-15-13(18-14)6-8-21-15/h3-8,10-11,18H,9H2,1-2H3. The van der Waals surface area contributed by atoms with Crippen LogP contribution in [0.2, 0.25) is 0 Å². The highest BCUT2D eigenvalue weighted by molar-refractivity contribution is 7.17. The van der Waals surface area contributed by atoms with Gasteiger partial charge in [0.2, 0.25) is 0 Å². The summed E-state index contributed by atoms with van der Waals surface area (Å²) >= 11 is 1.64. The van der Waals surface area contributed by atoms with E-state index in [4.69, 9.17) is 0 Å². The smallest absolute Gasteiger partial charge is 0.270 e. The van der Waals surface area contributed by atoms with Crippen molar-refractivity contribution in [2.75, 3.05) is 7.05 Å². The van der Waals surface area contributed by atoms with Crippen molar-refractivity contribution in [2.45, 2.75) is 19.4 Å². The van der Waals surface area contributed by atoms with Crippen molar-refractivity contribution in [1.82, 2.24) is 14.9 Å². The summed E-state index contributed by atoms with van der Waals surface area (Å²) in [6.07, 6.45) is 2.53. The highest BCUT2D eigenvalue weighted by Gasteiger charge is 2.20. The van der Waals surface area contributed by atoms with Crippen LogP contribution in [0.25, 0.3) is 10.2 Å². The Morgan fingerprint density at radius 3 is 3.00 bits per heavy atom. The van der Waals surface area contributed by atoms with Gasteiger partial charge < -0.3 is 9.88 Å². The summed E-state index contributed by atoms with van der Waals surface area (Å²) in [5, 5.41) is 2.02. The van der Waals surface area contributed by atoms with Crippen LogP contribution in [-0.2, 0) is 6.42 Å². The van der Waals surface area contributed by atoms with Gasteiger partial charge in [0.1, 0.15) is 5.69 Å². The number of rotatable bonds is 4. The van der Waals surface area contributed by atoms with Crippen molar-refractivity contribution >= 4 is 27.5 Å². The first kappa shape index (κ1) is 13.8. The first-order valence-corrected chi connectivity index (χ1v) is 7.76. The molecule has 1 unspecified atom stereocenters. The van der Waals surface area contributed by atoms with Gasteiger partial charge in [-0.3, -0.25) is 9.78 Å². The normalized spacial score (nSPS) is 12.5. The lowest BCUT2D eigenvalue weighted by Crippen LogP contribution is -2.36. The van der Waals surface area contributed by atoms with E-state index in [1.165, 1.54) is 0 Å². The molecule has 0 radical (unpaired) electrons. The molecule has 4 nitrogen and oxygen atoms in total. The molecule has 3 heterocycles. The van der Waals surface area contributed by atoms with Gasteiger partial charge in [0, 0.05) is 31.4 Å². The van der Waals surface area contributed by atoms with E-state index in [9.17, 15) is 4.79 Å². The second kappa shape index (κ2) is 5.69. The summed E-state index contributed by atoms with van der Waals surface area (Å²) in [7, 11) is 1.84. The zero-order valence-electron chi connectivity index (χ0n) is 12.0. The first-order chi connectivity index (χ1) is 10.1. The number of thiophene rings is 1. The van der Waals surface area contributed by atoms with E-state index in [2.05, 4.69) is 9.97 Å². The summed E-state index contributed by atoms with van der Waals surface area (Å²) in [4.78, 5) is 21.8. The predicted octanol–water partition coefficient (Wildman–Crippen LogP) is 3.33. The van der Waals surface area contributed by atoms with Crippen LogP contribution in [0.15, 0.2) is 41.9 Å². The van der Waals surface area contributed by atoms with Crippen LogP contribution in [0.1, 0.15) is 23.1 Å². The Balaban J connectivity index is 1.73. The van der Waals surface area contributed by atoms with Gasteiger partial charge in [-0.05, 0) is 36.6 Å². The van der Waals surface area contributed by atoms with Crippen LogP contribution in [0.4, 0.5) is 0 Å². The Bertz CT molecular complexity index is 719. The van der Waals surface area contributed by atoms with Gasteiger partial charge in [-0.1, -0.05) is 6.07 Å². The van der Waals surface area contributed by atoms with Crippen molar-refractivity contribution in [3.63, 3.8) is 0 Å². The fourth-order valence-electron chi connectivity index (χ4n) is 2.31. The van der Waals surface area contributed by atoms with Gasteiger partial charge in [0.25, 0.3) is 5.91 Å². The second-order valence-electron chi connectivity index (χ2n) is 5.17. The molecule has 1 amide bonds. The van der Waals surface area contributed by atoms with Crippen molar-refractivity contribution in [3.05, 3.63) is 53.3 Å². The van der Waals surface area contributed by atoms with Crippen molar-refractivity contribution < 1.29 is 4.79 Å². The average molecular weight is 299 g/mol. The summed E-state index contributed by atoms with van der Waals surface area (Å²) in [5.74, 6) is 0.0156. The van der Waals surface area contributed by atoms with Crippen LogP contribution < -0.4 is 0 Å². The minimum atomic E-state index is 0.0156. The summed E-state index contributed by atoms with van der Waals surface area (Å²) in [6.45, 7) is 2.04. The first-order valence-electron chi connectivity index (χ1n) is 6.88. The molecule has 1 atom stereocenters. The molecule has 3 rings (SSSR count). The maximum atomic E-state index is 12.5. The van der Waals surface area contributed by atoms with E-state index in [1.807, 2.05) is 49.7 Å². The third-order valence-electron chi connectivity index (χ3n) is 3.68.